The minimum Gasteiger partial charge on any atom is -0.339 e. The number of nitrogens with one attached hydrogen (secondary N) is 1. The molecule has 0 atom stereocenters. The van der Waals surface area contributed by atoms with Gasteiger partial charge in [-0.2, -0.15) is 5.10 Å². The summed E-state index contributed by atoms with van der Waals surface area (Å²) in [5.41, 5.74) is 0.895. The number of carbonyl (C=O) groups excluding carboxylic acids is 1. The lowest BCUT2D eigenvalue weighted by molar-refractivity contribution is -0.133. The van der Waals surface area contributed by atoms with Crippen LogP contribution in [-0.4, -0.2) is 56.7 Å². The second-order valence-electron chi connectivity index (χ2n) is 6.67. The maximum absolute atomic E-state index is 13.2. The number of H-pyrrole nitrogens is 1. The summed E-state index contributed by atoms with van der Waals surface area (Å²) in [5, 5.41) is 7.41. The average Bonchev–Trinajstić information content (AvgIpc) is 2.98. The van der Waals surface area contributed by atoms with E-state index in [0.717, 1.165) is 37.3 Å². The van der Waals surface area contributed by atoms with Gasteiger partial charge in [0.05, 0.1) is 0 Å². The summed E-state index contributed by atoms with van der Waals surface area (Å²) in [6, 6.07) is 4.47. The summed E-state index contributed by atoms with van der Waals surface area (Å²) in [6.07, 6.45) is 1.73. The lowest BCUT2D eigenvalue weighted by Gasteiger charge is -2.35. The Bertz CT molecular complexity index is 860. The molecule has 9 heteroatoms. The van der Waals surface area contributed by atoms with Crippen molar-refractivity contribution in [1.82, 2.24) is 24.6 Å². The number of aryl methyl sites for hydroxylation is 1. The van der Waals surface area contributed by atoms with Gasteiger partial charge in [0.15, 0.2) is 4.77 Å². The first kappa shape index (κ1) is 20.0. The van der Waals surface area contributed by atoms with Gasteiger partial charge >= 0.3 is 0 Å². The molecule has 0 bridgehead atoms. The maximum Gasteiger partial charge on any atom is 0.242 e. The molecule has 0 aliphatic carbocycles. The van der Waals surface area contributed by atoms with E-state index in [1.165, 1.54) is 12.1 Å². The first-order valence-electron chi connectivity index (χ1n) is 9.06. The topological polar surface area (TPSA) is 57.2 Å². The van der Waals surface area contributed by atoms with Crippen molar-refractivity contribution in [2.75, 3.05) is 26.2 Å². The number of hydrogen-bond acceptors (Lipinski definition) is 4. The van der Waals surface area contributed by atoms with Crippen molar-refractivity contribution in [1.29, 1.82) is 0 Å². The Morgan fingerprint density at radius 2 is 2.07 bits per heavy atom. The van der Waals surface area contributed by atoms with Crippen molar-refractivity contribution >= 4 is 29.7 Å². The molecule has 1 N–H and O–H groups in total. The highest BCUT2D eigenvalue weighted by atomic mass is 35.5. The highest BCUT2D eigenvalue weighted by Gasteiger charge is 2.22. The first-order chi connectivity index (χ1) is 13.0. The van der Waals surface area contributed by atoms with Gasteiger partial charge in [-0.05, 0) is 36.3 Å². The Balaban J connectivity index is 1.55. The van der Waals surface area contributed by atoms with Gasteiger partial charge in [0.1, 0.15) is 18.2 Å². The highest BCUT2D eigenvalue weighted by Crippen LogP contribution is 2.20. The van der Waals surface area contributed by atoms with Crippen LogP contribution in [0, 0.1) is 10.6 Å². The Kier molecular flexibility index (Phi) is 6.62. The van der Waals surface area contributed by atoms with Gasteiger partial charge in [0, 0.05) is 44.2 Å². The molecule has 146 valence electrons. The summed E-state index contributed by atoms with van der Waals surface area (Å²) in [4.78, 5) is 16.7. The van der Waals surface area contributed by atoms with E-state index in [0.29, 0.717) is 29.4 Å². The zero-order valence-corrected chi connectivity index (χ0v) is 16.8. The van der Waals surface area contributed by atoms with Gasteiger partial charge in [0.25, 0.3) is 0 Å². The zero-order chi connectivity index (χ0) is 19.4. The lowest BCUT2D eigenvalue weighted by Crippen LogP contribution is -2.49. The smallest absolute Gasteiger partial charge is 0.242 e. The van der Waals surface area contributed by atoms with Gasteiger partial charge in [0.2, 0.25) is 5.91 Å². The van der Waals surface area contributed by atoms with Crippen molar-refractivity contribution in [3.8, 4) is 0 Å². The molecule has 1 aliphatic rings. The van der Waals surface area contributed by atoms with Crippen LogP contribution in [0.4, 0.5) is 4.39 Å². The molecule has 1 amide bonds. The third-order valence-corrected chi connectivity index (χ3v) is 5.40. The standard InChI is InChI=1S/C18H23ClFN5OS/c1-2-3-16-21-22-18(27)25(16)12-17(26)24-8-6-23(7-9-24)11-13-4-5-14(20)10-15(13)19/h4-5,10H,2-3,6-9,11-12H2,1H3,(H,22,27). The van der Waals surface area contributed by atoms with E-state index in [2.05, 4.69) is 22.0 Å². The fourth-order valence-electron chi connectivity index (χ4n) is 3.21. The van der Waals surface area contributed by atoms with Crippen molar-refractivity contribution in [2.45, 2.75) is 32.9 Å². The van der Waals surface area contributed by atoms with Crippen molar-refractivity contribution < 1.29 is 9.18 Å². The SMILES string of the molecule is CCCc1n[nH]c(=S)n1CC(=O)N1CCN(Cc2ccc(F)cc2Cl)CC1. The zero-order valence-electron chi connectivity index (χ0n) is 15.3. The van der Waals surface area contributed by atoms with Crippen molar-refractivity contribution in [2.24, 2.45) is 0 Å². The predicted octanol–water partition coefficient (Wildman–Crippen LogP) is 3.03. The predicted molar refractivity (Wildman–Crippen MR) is 105 cm³/mol. The van der Waals surface area contributed by atoms with E-state index in [9.17, 15) is 9.18 Å². The monoisotopic (exact) mass is 411 g/mol. The second kappa shape index (κ2) is 8.95. The van der Waals surface area contributed by atoms with Gasteiger partial charge < -0.3 is 4.90 Å². The molecule has 1 fully saturated rings. The molecule has 1 saturated heterocycles. The molecule has 6 nitrogen and oxygen atoms in total. The molecular formula is C18H23ClFN5OS. The van der Waals surface area contributed by atoms with E-state index in [1.54, 1.807) is 10.6 Å². The largest absolute Gasteiger partial charge is 0.339 e. The minimum absolute atomic E-state index is 0.0457. The number of piperazine rings is 1. The molecular weight excluding hydrogens is 389 g/mol. The molecule has 27 heavy (non-hydrogen) atoms. The molecule has 1 aromatic carbocycles. The van der Waals surface area contributed by atoms with Crippen LogP contribution in [0.15, 0.2) is 18.2 Å². The molecule has 1 aliphatic heterocycles. The second-order valence-corrected chi connectivity index (χ2v) is 7.47. The van der Waals surface area contributed by atoms with E-state index in [1.807, 2.05) is 4.90 Å². The fourth-order valence-corrected chi connectivity index (χ4v) is 3.65. The molecule has 0 unspecified atom stereocenters. The normalized spacial score (nSPS) is 15.3. The van der Waals surface area contributed by atoms with Gasteiger partial charge in [-0.25, -0.2) is 4.39 Å². The van der Waals surface area contributed by atoms with E-state index < -0.39 is 0 Å². The molecule has 0 saturated carbocycles. The van der Waals surface area contributed by atoms with E-state index in [-0.39, 0.29) is 18.3 Å². The van der Waals surface area contributed by atoms with Crippen LogP contribution >= 0.6 is 23.8 Å². The third kappa shape index (κ3) is 4.94. The first-order valence-corrected chi connectivity index (χ1v) is 9.84. The third-order valence-electron chi connectivity index (χ3n) is 4.74. The van der Waals surface area contributed by atoms with Gasteiger partial charge in [-0.1, -0.05) is 24.6 Å². The van der Waals surface area contributed by atoms with Crippen LogP contribution in [0.3, 0.4) is 0 Å². The quantitative estimate of drug-likeness (QED) is 0.742. The molecule has 2 heterocycles. The minimum atomic E-state index is -0.334. The highest BCUT2D eigenvalue weighted by molar-refractivity contribution is 7.71. The van der Waals surface area contributed by atoms with Crippen LogP contribution < -0.4 is 0 Å². The van der Waals surface area contributed by atoms with Crippen LogP contribution in [0.5, 0.6) is 0 Å². The Morgan fingerprint density at radius 1 is 1.33 bits per heavy atom. The summed E-state index contributed by atoms with van der Waals surface area (Å²) in [6.45, 7) is 5.72. The average molecular weight is 412 g/mol. The lowest BCUT2D eigenvalue weighted by atomic mass is 10.2. The number of rotatable bonds is 6. The van der Waals surface area contributed by atoms with Gasteiger partial charge in [-0.3, -0.25) is 19.4 Å². The van der Waals surface area contributed by atoms with Crippen LogP contribution in [0.2, 0.25) is 5.02 Å². The summed E-state index contributed by atoms with van der Waals surface area (Å²) < 4.78 is 15.4. The number of halogens is 2. The Morgan fingerprint density at radius 3 is 2.74 bits per heavy atom. The molecule has 0 spiro atoms. The Hall–Kier alpha value is -1.77. The van der Waals surface area contributed by atoms with Crippen molar-refractivity contribution in [3.05, 3.63) is 45.2 Å². The number of benzene rings is 1. The summed E-state index contributed by atoms with van der Waals surface area (Å²) in [7, 11) is 0. The van der Waals surface area contributed by atoms with Crippen LogP contribution in [-0.2, 0) is 24.3 Å². The number of aromatic nitrogens is 3. The number of nitrogens with zero attached hydrogens (tertiary/aromatic N) is 4. The summed E-state index contributed by atoms with van der Waals surface area (Å²) >= 11 is 11.4. The number of amides is 1. The number of aromatic amines is 1. The summed E-state index contributed by atoms with van der Waals surface area (Å²) in [5.74, 6) is 0.532. The molecule has 3 rings (SSSR count). The number of hydrogen-bond donors (Lipinski definition) is 1. The van der Waals surface area contributed by atoms with Gasteiger partial charge in [-0.15, -0.1) is 0 Å². The fraction of sp³-hybridized carbons (Fsp3) is 0.500. The number of carbonyl (C=O) groups is 1. The molecule has 0 radical (unpaired) electrons. The van der Waals surface area contributed by atoms with E-state index in [4.69, 9.17) is 23.8 Å². The van der Waals surface area contributed by atoms with E-state index >= 15 is 0 Å². The van der Waals surface area contributed by atoms with Crippen molar-refractivity contribution in [3.63, 3.8) is 0 Å². The van der Waals surface area contributed by atoms with Crippen LogP contribution in [0.25, 0.3) is 0 Å². The maximum atomic E-state index is 13.2. The Labute approximate surface area is 167 Å². The van der Waals surface area contributed by atoms with Crippen LogP contribution in [0.1, 0.15) is 24.7 Å². The molecule has 1 aromatic heterocycles. The molecule has 2 aromatic rings.